The quantitative estimate of drug-likeness (QED) is 0.660. The van der Waals surface area contributed by atoms with Gasteiger partial charge in [-0.2, -0.15) is 0 Å². The Kier molecular flexibility index (Phi) is 5.51. The third-order valence-electron chi connectivity index (χ3n) is 2.05. The normalized spacial score (nSPS) is 14.8. The topological polar surface area (TPSA) is 24.1 Å². The van der Waals surface area contributed by atoms with Gasteiger partial charge < -0.3 is 10.6 Å². The maximum Gasteiger partial charge on any atom is 0.00965 e. The van der Waals surface area contributed by atoms with Gasteiger partial charge in [0, 0.05) is 11.6 Å². The van der Waals surface area contributed by atoms with Crippen LogP contribution in [0.3, 0.4) is 0 Å². The SMILES string of the molecule is CCC(CCNC(C)(C)C)NC. The molecule has 0 aromatic carbocycles. The summed E-state index contributed by atoms with van der Waals surface area (Å²) >= 11 is 0. The van der Waals surface area contributed by atoms with Crippen LogP contribution >= 0.6 is 0 Å². The Bertz CT molecular complexity index is 101. The molecule has 2 heteroatoms. The molecule has 1 atom stereocenters. The van der Waals surface area contributed by atoms with E-state index >= 15 is 0 Å². The molecule has 0 fully saturated rings. The zero-order valence-electron chi connectivity index (χ0n) is 9.20. The zero-order valence-corrected chi connectivity index (χ0v) is 9.20. The Hall–Kier alpha value is -0.0800. The minimum Gasteiger partial charge on any atom is -0.317 e. The fourth-order valence-electron chi connectivity index (χ4n) is 1.17. The van der Waals surface area contributed by atoms with Gasteiger partial charge in [-0.05, 0) is 47.2 Å². The standard InChI is InChI=1S/C10H24N2/c1-6-9(11-5)7-8-12-10(2,3)4/h9,11-12H,6-8H2,1-5H3. The maximum atomic E-state index is 3.48. The lowest BCUT2D eigenvalue weighted by Crippen LogP contribution is -2.39. The molecule has 1 unspecified atom stereocenters. The largest absolute Gasteiger partial charge is 0.317 e. The fourth-order valence-corrected chi connectivity index (χ4v) is 1.17. The van der Waals surface area contributed by atoms with Crippen molar-refractivity contribution in [2.24, 2.45) is 0 Å². The Morgan fingerprint density at radius 2 is 1.83 bits per heavy atom. The predicted octanol–water partition coefficient (Wildman–Crippen LogP) is 1.76. The van der Waals surface area contributed by atoms with Crippen LogP contribution in [-0.2, 0) is 0 Å². The molecule has 0 aliphatic carbocycles. The Morgan fingerprint density at radius 3 is 2.17 bits per heavy atom. The Balaban J connectivity index is 3.41. The average Bonchev–Trinajstić information content (AvgIpc) is 1.96. The highest BCUT2D eigenvalue weighted by Gasteiger charge is 2.09. The van der Waals surface area contributed by atoms with Gasteiger partial charge in [0.15, 0.2) is 0 Å². The highest BCUT2D eigenvalue weighted by molar-refractivity contribution is 4.72. The highest BCUT2D eigenvalue weighted by Crippen LogP contribution is 2.00. The van der Waals surface area contributed by atoms with Crippen molar-refractivity contribution in [3.8, 4) is 0 Å². The lowest BCUT2D eigenvalue weighted by atomic mass is 10.1. The molecule has 0 saturated heterocycles. The lowest BCUT2D eigenvalue weighted by molar-refractivity contribution is 0.394. The fraction of sp³-hybridized carbons (Fsp3) is 1.00. The van der Waals surface area contributed by atoms with E-state index in [1.807, 2.05) is 7.05 Å². The smallest absolute Gasteiger partial charge is 0.00965 e. The Morgan fingerprint density at radius 1 is 1.25 bits per heavy atom. The van der Waals surface area contributed by atoms with Crippen LogP contribution in [0.15, 0.2) is 0 Å². The molecule has 0 aromatic rings. The van der Waals surface area contributed by atoms with Gasteiger partial charge >= 0.3 is 0 Å². The van der Waals surface area contributed by atoms with E-state index in [0.717, 1.165) is 6.54 Å². The van der Waals surface area contributed by atoms with Gasteiger partial charge in [0.25, 0.3) is 0 Å². The zero-order chi connectivity index (χ0) is 9.61. The van der Waals surface area contributed by atoms with Gasteiger partial charge in [-0.25, -0.2) is 0 Å². The molecule has 0 aromatic heterocycles. The summed E-state index contributed by atoms with van der Waals surface area (Å²) < 4.78 is 0. The van der Waals surface area contributed by atoms with Crippen LogP contribution in [-0.4, -0.2) is 25.2 Å². The summed E-state index contributed by atoms with van der Waals surface area (Å²) in [6.45, 7) is 9.93. The molecular formula is C10H24N2. The summed E-state index contributed by atoms with van der Waals surface area (Å²) in [6, 6.07) is 0.667. The van der Waals surface area contributed by atoms with E-state index in [9.17, 15) is 0 Å². The van der Waals surface area contributed by atoms with Gasteiger partial charge in [-0.15, -0.1) is 0 Å². The van der Waals surface area contributed by atoms with Crippen molar-refractivity contribution in [1.82, 2.24) is 10.6 Å². The number of hydrogen-bond acceptors (Lipinski definition) is 2. The van der Waals surface area contributed by atoms with Crippen molar-refractivity contribution in [2.45, 2.75) is 52.1 Å². The molecule has 0 spiro atoms. The molecule has 0 aliphatic rings. The van der Waals surface area contributed by atoms with E-state index < -0.39 is 0 Å². The summed E-state index contributed by atoms with van der Waals surface area (Å²) in [5.74, 6) is 0. The summed E-state index contributed by atoms with van der Waals surface area (Å²) in [7, 11) is 2.03. The van der Waals surface area contributed by atoms with E-state index in [-0.39, 0.29) is 5.54 Å². The molecule has 2 nitrogen and oxygen atoms in total. The predicted molar refractivity (Wildman–Crippen MR) is 55.5 cm³/mol. The summed E-state index contributed by atoms with van der Waals surface area (Å²) in [5.41, 5.74) is 0.256. The second-order valence-electron chi connectivity index (χ2n) is 4.36. The molecule has 0 bridgehead atoms. The molecule has 0 radical (unpaired) electrons. The summed E-state index contributed by atoms with van der Waals surface area (Å²) in [6.07, 6.45) is 2.42. The van der Waals surface area contributed by atoms with E-state index in [1.165, 1.54) is 12.8 Å². The monoisotopic (exact) mass is 172 g/mol. The van der Waals surface area contributed by atoms with Crippen LogP contribution in [0.25, 0.3) is 0 Å². The van der Waals surface area contributed by atoms with Crippen molar-refractivity contribution >= 4 is 0 Å². The second-order valence-corrected chi connectivity index (χ2v) is 4.36. The maximum absolute atomic E-state index is 3.48. The van der Waals surface area contributed by atoms with Gasteiger partial charge in [0.1, 0.15) is 0 Å². The van der Waals surface area contributed by atoms with Crippen LogP contribution in [0.5, 0.6) is 0 Å². The summed E-state index contributed by atoms with van der Waals surface area (Å²) in [5, 5.41) is 6.78. The first-order valence-electron chi connectivity index (χ1n) is 4.92. The minimum atomic E-state index is 0.256. The molecule has 0 amide bonds. The summed E-state index contributed by atoms with van der Waals surface area (Å²) in [4.78, 5) is 0. The van der Waals surface area contributed by atoms with E-state index in [0.29, 0.717) is 6.04 Å². The second kappa shape index (κ2) is 5.55. The third-order valence-corrected chi connectivity index (χ3v) is 2.05. The highest BCUT2D eigenvalue weighted by atomic mass is 15.0. The van der Waals surface area contributed by atoms with Crippen LogP contribution < -0.4 is 10.6 Å². The van der Waals surface area contributed by atoms with Crippen LogP contribution in [0.4, 0.5) is 0 Å². The van der Waals surface area contributed by atoms with Crippen LogP contribution in [0.1, 0.15) is 40.5 Å². The molecule has 74 valence electrons. The molecule has 0 heterocycles. The molecule has 2 N–H and O–H groups in total. The van der Waals surface area contributed by atoms with Gasteiger partial charge in [0.05, 0.1) is 0 Å². The first-order chi connectivity index (χ1) is 5.49. The van der Waals surface area contributed by atoms with E-state index in [2.05, 4.69) is 38.3 Å². The van der Waals surface area contributed by atoms with E-state index in [1.54, 1.807) is 0 Å². The molecule has 0 saturated carbocycles. The third kappa shape index (κ3) is 6.62. The average molecular weight is 172 g/mol. The van der Waals surface area contributed by atoms with Crippen molar-refractivity contribution < 1.29 is 0 Å². The number of nitrogens with one attached hydrogen (secondary N) is 2. The van der Waals surface area contributed by atoms with Crippen LogP contribution in [0, 0.1) is 0 Å². The first-order valence-corrected chi connectivity index (χ1v) is 4.92. The van der Waals surface area contributed by atoms with Crippen molar-refractivity contribution in [3.05, 3.63) is 0 Å². The van der Waals surface area contributed by atoms with Crippen molar-refractivity contribution in [3.63, 3.8) is 0 Å². The molecule has 12 heavy (non-hydrogen) atoms. The van der Waals surface area contributed by atoms with E-state index in [4.69, 9.17) is 0 Å². The lowest BCUT2D eigenvalue weighted by Gasteiger charge is -2.22. The van der Waals surface area contributed by atoms with Crippen molar-refractivity contribution in [1.29, 1.82) is 0 Å². The molecule has 0 aliphatic heterocycles. The number of hydrogen-bond donors (Lipinski definition) is 2. The number of rotatable bonds is 5. The Labute approximate surface area is 77.1 Å². The van der Waals surface area contributed by atoms with Gasteiger partial charge in [0.2, 0.25) is 0 Å². The minimum absolute atomic E-state index is 0.256. The van der Waals surface area contributed by atoms with Gasteiger partial charge in [-0.1, -0.05) is 6.92 Å². The van der Waals surface area contributed by atoms with Crippen LogP contribution in [0.2, 0.25) is 0 Å². The van der Waals surface area contributed by atoms with Gasteiger partial charge in [-0.3, -0.25) is 0 Å². The molecule has 0 rings (SSSR count). The first kappa shape index (κ1) is 11.9. The van der Waals surface area contributed by atoms with Crippen molar-refractivity contribution in [2.75, 3.05) is 13.6 Å². The molecular weight excluding hydrogens is 148 g/mol.